The molecule has 0 aromatic heterocycles. The summed E-state index contributed by atoms with van der Waals surface area (Å²) in [6.45, 7) is 15.0. The predicted molar refractivity (Wildman–Crippen MR) is 119 cm³/mol. The minimum absolute atomic E-state index is 0.0161. The Bertz CT molecular complexity index is 598. The van der Waals surface area contributed by atoms with Crippen molar-refractivity contribution < 1.29 is 19.2 Å². The van der Waals surface area contributed by atoms with Gasteiger partial charge in [-0.3, -0.25) is 19.2 Å². The number of rotatable bonds is 4. The molecule has 0 unspecified atom stereocenters. The average Bonchev–Trinajstić information content (AvgIpc) is 2.51. The Hall–Kier alpha value is -1.72. The highest BCUT2D eigenvalue weighted by Gasteiger charge is 2.39. The van der Waals surface area contributed by atoms with Crippen molar-refractivity contribution in [2.45, 2.75) is 105 Å². The topological polar surface area (TPSA) is 92.3 Å². The Balaban J connectivity index is 0.000000300. The van der Waals surface area contributed by atoms with E-state index in [4.69, 9.17) is 0 Å². The molecule has 172 valence electrons. The number of carbonyl (C=O) groups is 4. The van der Waals surface area contributed by atoms with Crippen LogP contribution in [0.5, 0.6) is 0 Å². The van der Waals surface area contributed by atoms with E-state index >= 15 is 0 Å². The van der Waals surface area contributed by atoms with Crippen molar-refractivity contribution >= 4 is 23.4 Å². The molecule has 2 N–H and O–H groups in total. The van der Waals surface area contributed by atoms with Gasteiger partial charge in [-0.2, -0.15) is 0 Å². The molecule has 0 radical (unpaired) electrons. The van der Waals surface area contributed by atoms with Crippen molar-refractivity contribution in [2.24, 2.45) is 23.7 Å². The molecule has 0 aromatic carbocycles. The standard InChI is InChI=1S/2C12H21NO2/c2*1-8-5-6-10(11(15)7-8)12(3,4)13-9(2)14/h2*8,10H,5-7H2,1-4H3,(H,13,14)/t2*8-,10-/m11/s1. The molecule has 2 aliphatic carbocycles. The van der Waals surface area contributed by atoms with Crippen LogP contribution in [0.4, 0.5) is 0 Å². The predicted octanol–water partition coefficient (Wildman–Crippen LogP) is 3.81. The van der Waals surface area contributed by atoms with Crippen molar-refractivity contribution in [3.8, 4) is 0 Å². The summed E-state index contributed by atoms with van der Waals surface area (Å²) in [5, 5.41) is 5.75. The summed E-state index contributed by atoms with van der Waals surface area (Å²) >= 11 is 0. The van der Waals surface area contributed by atoms with Gasteiger partial charge in [0.2, 0.25) is 11.8 Å². The summed E-state index contributed by atoms with van der Waals surface area (Å²) in [6, 6.07) is 0. The van der Waals surface area contributed by atoms with Gasteiger partial charge in [0.25, 0.3) is 0 Å². The Kier molecular flexibility index (Phi) is 9.25. The second kappa shape index (κ2) is 10.5. The molecular formula is C24H42N2O4. The molecule has 6 heteroatoms. The van der Waals surface area contributed by atoms with E-state index in [1.807, 2.05) is 27.7 Å². The molecule has 0 bridgehead atoms. The SMILES string of the molecule is CC(=O)NC(C)(C)[C@@H]1CC[C@@H](C)CC1=O.CC(=O)NC(C)(C)[C@@H]1CC[C@@H](C)CC1=O. The van der Waals surface area contributed by atoms with Gasteiger partial charge in [-0.25, -0.2) is 0 Å². The largest absolute Gasteiger partial charge is 0.351 e. The molecule has 2 saturated carbocycles. The van der Waals surface area contributed by atoms with E-state index in [0.29, 0.717) is 36.2 Å². The van der Waals surface area contributed by atoms with E-state index in [0.717, 1.165) is 25.7 Å². The van der Waals surface area contributed by atoms with Crippen LogP contribution in [0.3, 0.4) is 0 Å². The average molecular weight is 423 g/mol. The lowest BCUT2D eigenvalue weighted by Crippen LogP contribution is -2.52. The molecule has 0 aromatic rings. The number of carbonyl (C=O) groups excluding carboxylic acids is 4. The lowest BCUT2D eigenvalue weighted by Gasteiger charge is -2.37. The smallest absolute Gasteiger partial charge is 0.217 e. The van der Waals surface area contributed by atoms with Crippen LogP contribution in [-0.2, 0) is 19.2 Å². The first-order valence-electron chi connectivity index (χ1n) is 11.3. The van der Waals surface area contributed by atoms with Crippen molar-refractivity contribution in [1.29, 1.82) is 0 Å². The molecule has 0 aliphatic heterocycles. The fraction of sp³-hybridized carbons (Fsp3) is 0.833. The van der Waals surface area contributed by atoms with Crippen LogP contribution in [0.25, 0.3) is 0 Å². The maximum absolute atomic E-state index is 11.9. The third kappa shape index (κ3) is 7.84. The van der Waals surface area contributed by atoms with E-state index in [1.54, 1.807) is 0 Å². The first-order chi connectivity index (χ1) is 13.7. The normalized spacial score (nSPS) is 27.6. The van der Waals surface area contributed by atoms with Gasteiger partial charge < -0.3 is 10.6 Å². The number of hydrogen-bond acceptors (Lipinski definition) is 4. The summed E-state index contributed by atoms with van der Waals surface area (Å²) in [7, 11) is 0. The lowest BCUT2D eigenvalue weighted by atomic mass is 9.73. The number of hydrogen-bond donors (Lipinski definition) is 2. The Morgan fingerprint density at radius 2 is 1.00 bits per heavy atom. The van der Waals surface area contributed by atoms with Crippen molar-refractivity contribution in [1.82, 2.24) is 10.6 Å². The molecular weight excluding hydrogens is 380 g/mol. The molecule has 2 rings (SSSR count). The Labute approximate surface area is 182 Å². The van der Waals surface area contributed by atoms with Gasteiger partial charge in [0.1, 0.15) is 11.6 Å². The summed E-state index contributed by atoms with van der Waals surface area (Å²) in [4.78, 5) is 45.9. The van der Waals surface area contributed by atoms with Crippen molar-refractivity contribution in [2.75, 3.05) is 0 Å². The van der Waals surface area contributed by atoms with Gasteiger partial charge >= 0.3 is 0 Å². The van der Waals surface area contributed by atoms with E-state index in [-0.39, 0.29) is 23.7 Å². The molecule has 2 amide bonds. The van der Waals surface area contributed by atoms with Gasteiger partial charge in [-0.15, -0.1) is 0 Å². The highest BCUT2D eigenvalue weighted by atomic mass is 16.2. The van der Waals surface area contributed by atoms with Gasteiger partial charge in [-0.05, 0) is 65.2 Å². The molecule has 30 heavy (non-hydrogen) atoms. The van der Waals surface area contributed by atoms with Crippen LogP contribution in [0.15, 0.2) is 0 Å². The van der Waals surface area contributed by atoms with E-state index in [2.05, 4.69) is 24.5 Å². The molecule has 2 aliphatic rings. The number of ketones is 2. The molecule has 0 saturated heterocycles. The van der Waals surface area contributed by atoms with Crippen LogP contribution in [-0.4, -0.2) is 34.5 Å². The zero-order chi connectivity index (χ0) is 23.3. The van der Waals surface area contributed by atoms with Crippen LogP contribution in [0, 0.1) is 23.7 Å². The highest BCUT2D eigenvalue weighted by Crippen LogP contribution is 2.33. The molecule has 2 fully saturated rings. The van der Waals surface area contributed by atoms with Crippen LogP contribution in [0.1, 0.15) is 93.9 Å². The van der Waals surface area contributed by atoms with Gasteiger partial charge in [0, 0.05) is 49.6 Å². The zero-order valence-electron chi connectivity index (χ0n) is 20.2. The fourth-order valence-electron chi connectivity index (χ4n) is 5.01. The quantitative estimate of drug-likeness (QED) is 0.720. The molecule has 0 spiro atoms. The maximum atomic E-state index is 11.9. The van der Waals surface area contributed by atoms with Crippen LogP contribution < -0.4 is 10.6 Å². The molecule has 0 heterocycles. The Morgan fingerprint density at radius 3 is 1.23 bits per heavy atom. The fourth-order valence-corrected chi connectivity index (χ4v) is 5.01. The first kappa shape index (κ1) is 26.3. The third-order valence-corrected chi connectivity index (χ3v) is 6.51. The van der Waals surface area contributed by atoms with E-state index in [9.17, 15) is 19.2 Å². The van der Waals surface area contributed by atoms with Crippen molar-refractivity contribution in [3.05, 3.63) is 0 Å². The number of Topliss-reactive ketones (excluding diaryl/α,β-unsaturated/α-hetero) is 2. The van der Waals surface area contributed by atoms with E-state index in [1.165, 1.54) is 13.8 Å². The summed E-state index contributed by atoms with van der Waals surface area (Å²) in [5.74, 6) is 1.44. The summed E-state index contributed by atoms with van der Waals surface area (Å²) in [5.41, 5.74) is -0.799. The first-order valence-corrected chi connectivity index (χ1v) is 11.3. The van der Waals surface area contributed by atoms with Gasteiger partial charge in [0.15, 0.2) is 0 Å². The Morgan fingerprint density at radius 1 is 0.700 bits per heavy atom. The summed E-state index contributed by atoms with van der Waals surface area (Å²) in [6.07, 6.45) is 5.28. The minimum Gasteiger partial charge on any atom is -0.351 e. The minimum atomic E-state index is -0.400. The molecule has 4 atom stereocenters. The van der Waals surface area contributed by atoms with Gasteiger partial charge in [0.05, 0.1) is 0 Å². The number of nitrogens with one attached hydrogen (secondary N) is 2. The second-order valence-corrected chi connectivity index (χ2v) is 10.6. The maximum Gasteiger partial charge on any atom is 0.217 e. The monoisotopic (exact) mass is 422 g/mol. The lowest BCUT2D eigenvalue weighted by molar-refractivity contribution is -0.131. The third-order valence-electron chi connectivity index (χ3n) is 6.51. The number of amides is 2. The van der Waals surface area contributed by atoms with Crippen molar-refractivity contribution in [3.63, 3.8) is 0 Å². The van der Waals surface area contributed by atoms with Crippen LogP contribution in [0.2, 0.25) is 0 Å². The second-order valence-electron chi connectivity index (χ2n) is 10.6. The van der Waals surface area contributed by atoms with Gasteiger partial charge in [-0.1, -0.05) is 13.8 Å². The zero-order valence-corrected chi connectivity index (χ0v) is 20.2. The molecule has 6 nitrogen and oxygen atoms in total. The van der Waals surface area contributed by atoms with Crippen LogP contribution >= 0.6 is 0 Å². The summed E-state index contributed by atoms with van der Waals surface area (Å²) < 4.78 is 0. The highest BCUT2D eigenvalue weighted by molar-refractivity contribution is 5.85. The van der Waals surface area contributed by atoms with E-state index < -0.39 is 11.1 Å².